The average molecular weight is 300 g/mol. The van der Waals surface area contributed by atoms with Crippen LogP contribution in [0.1, 0.15) is 25.3 Å². The molecule has 0 aliphatic carbocycles. The van der Waals surface area contributed by atoms with Gasteiger partial charge in [0, 0.05) is 6.42 Å². The fourth-order valence-electron chi connectivity index (χ4n) is 1.35. The van der Waals surface area contributed by atoms with Crippen molar-refractivity contribution in [2.75, 3.05) is 11.9 Å². The number of nitrogens with one attached hydrogen (secondary N) is 1. The summed E-state index contributed by atoms with van der Waals surface area (Å²) in [6.45, 7) is 4.59. The SMILES string of the molecule is Cc1cc(NC(=O)CCC(C)CN)cnc1Br. The average Bonchev–Trinajstić information content (AvgIpc) is 2.31. The van der Waals surface area contributed by atoms with Crippen LogP contribution in [0.15, 0.2) is 16.9 Å². The number of aromatic nitrogens is 1. The van der Waals surface area contributed by atoms with E-state index in [0.717, 1.165) is 22.3 Å². The summed E-state index contributed by atoms with van der Waals surface area (Å²) in [6.07, 6.45) is 2.94. The normalized spacial score (nSPS) is 12.2. The molecule has 0 spiro atoms. The molecular weight excluding hydrogens is 282 g/mol. The number of halogens is 1. The third-order valence-corrected chi connectivity index (χ3v) is 3.39. The van der Waals surface area contributed by atoms with Crippen LogP contribution < -0.4 is 11.1 Å². The molecule has 1 heterocycles. The molecule has 0 saturated heterocycles. The molecular formula is C12H18BrN3O. The van der Waals surface area contributed by atoms with Gasteiger partial charge < -0.3 is 11.1 Å². The molecule has 1 amide bonds. The molecule has 0 aliphatic rings. The number of amides is 1. The van der Waals surface area contributed by atoms with Crippen molar-refractivity contribution in [2.24, 2.45) is 11.7 Å². The zero-order valence-electron chi connectivity index (χ0n) is 10.2. The zero-order chi connectivity index (χ0) is 12.8. The van der Waals surface area contributed by atoms with E-state index in [0.29, 0.717) is 18.9 Å². The van der Waals surface area contributed by atoms with Gasteiger partial charge in [0.1, 0.15) is 4.60 Å². The number of carbonyl (C=O) groups excluding carboxylic acids is 1. The number of nitrogens with two attached hydrogens (primary N) is 1. The Hall–Kier alpha value is -0.940. The summed E-state index contributed by atoms with van der Waals surface area (Å²) in [4.78, 5) is 15.8. The molecule has 3 N–H and O–H groups in total. The van der Waals surface area contributed by atoms with Gasteiger partial charge in [-0.3, -0.25) is 4.79 Å². The molecule has 1 unspecified atom stereocenters. The fraction of sp³-hybridized carbons (Fsp3) is 0.500. The molecule has 0 aliphatic heterocycles. The molecule has 4 nitrogen and oxygen atoms in total. The van der Waals surface area contributed by atoms with Crippen LogP contribution in [-0.4, -0.2) is 17.4 Å². The lowest BCUT2D eigenvalue weighted by molar-refractivity contribution is -0.116. The fourth-order valence-corrected chi connectivity index (χ4v) is 1.56. The lowest BCUT2D eigenvalue weighted by atomic mass is 10.1. The lowest BCUT2D eigenvalue weighted by Crippen LogP contribution is -2.16. The van der Waals surface area contributed by atoms with E-state index in [1.165, 1.54) is 0 Å². The highest BCUT2D eigenvalue weighted by atomic mass is 79.9. The predicted octanol–water partition coefficient (Wildman–Crippen LogP) is 2.47. The highest BCUT2D eigenvalue weighted by Crippen LogP contribution is 2.17. The van der Waals surface area contributed by atoms with Crippen LogP contribution in [0.25, 0.3) is 0 Å². The molecule has 1 aromatic heterocycles. The Morgan fingerprint density at radius 3 is 2.94 bits per heavy atom. The van der Waals surface area contributed by atoms with Gasteiger partial charge in [0.15, 0.2) is 0 Å². The van der Waals surface area contributed by atoms with Crippen molar-refractivity contribution >= 4 is 27.5 Å². The Kier molecular flexibility index (Phi) is 5.58. The molecule has 17 heavy (non-hydrogen) atoms. The Morgan fingerprint density at radius 2 is 2.35 bits per heavy atom. The number of anilines is 1. The smallest absolute Gasteiger partial charge is 0.224 e. The van der Waals surface area contributed by atoms with Gasteiger partial charge in [-0.15, -0.1) is 0 Å². The Morgan fingerprint density at radius 1 is 1.65 bits per heavy atom. The third-order valence-electron chi connectivity index (χ3n) is 2.56. The van der Waals surface area contributed by atoms with Crippen molar-refractivity contribution in [3.8, 4) is 0 Å². The second kappa shape index (κ2) is 6.71. The molecule has 0 radical (unpaired) electrons. The zero-order valence-corrected chi connectivity index (χ0v) is 11.8. The van der Waals surface area contributed by atoms with Crippen molar-refractivity contribution in [3.05, 3.63) is 22.4 Å². The molecule has 0 saturated carbocycles. The second-order valence-electron chi connectivity index (χ2n) is 4.26. The number of aryl methyl sites for hydroxylation is 1. The molecule has 94 valence electrons. The maximum atomic E-state index is 11.6. The van der Waals surface area contributed by atoms with Crippen LogP contribution in [-0.2, 0) is 4.79 Å². The topological polar surface area (TPSA) is 68.0 Å². The largest absolute Gasteiger partial charge is 0.330 e. The van der Waals surface area contributed by atoms with Crippen molar-refractivity contribution in [1.82, 2.24) is 4.98 Å². The number of nitrogens with zero attached hydrogens (tertiary/aromatic N) is 1. The lowest BCUT2D eigenvalue weighted by Gasteiger charge is -2.09. The summed E-state index contributed by atoms with van der Waals surface area (Å²) >= 11 is 3.32. The monoisotopic (exact) mass is 299 g/mol. The highest BCUT2D eigenvalue weighted by Gasteiger charge is 2.06. The van der Waals surface area contributed by atoms with Crippen molar-refractivity contribution in [2.45, 2.75) is 26.7 Å². The molecule has 0 fully saturated rings. The molecule has 1 aromatic rings. The first-order valence-corrected chi connectivity index (χ1v) is 6.44. The van der Waals surface area contributed by atoms with E-state index < -0.39 is 0 Å². The molecule has 0 bridgehead atoms. The summed E-state index contributed by atoms with van der Waals surface area (Å²) in [7, 11) is 0. The first kappa shape index (κ1) is 14.1. The minimum Gasteiger partial charge on any atom is -0.330 e. The van der Waals surface area contributed by atoms with Gasteiger partial charge in [-0.2, -0.15) is 0 Å². The summed E-state index contributed by atoms with van der Waals surface area (Å²) in [5.41, 5.74) is 7.23. The summed E-state index contributed by atoms with van der Waals surface area (Å²) in [5.74, 6) is 0.388. The van der Waals surface area contributed by atoms with Gasteiger partial charge in [-0.05, 0) is 53.4 Å². The summed E-state index contributed by atoms with van der Waals surface area (Å²) < 4.78 is 0.798. The molecule has 5 heteroatoms. The Balaban J connectivity index is 2.48. The number of pyridine rings is 1. The van der Waals surface area contributed by atoms with Crippen molar-refractivity contribution < 1.29 is 4.79 Å². The van der Waals surface area contributed by atoms with Gasteiger partial charge in [0.25, 0.3) is 0 Å². The van der Waals surface area contributed by atoms with Gasteiger partial charge >= 0.3 is 0 Å². The summed E-state index contributed by atoms with van der Waals surface area (Å²) in [6, 6.07) is 1.89. The molecule has 1 rings (SSSR count). The standard InChI is InChI=1S/C12H18BrN3O/c1-8(6-14)3-4-11(17)16-10-5-9(2)12(13)15-7-10/h5,7-8H,3-4,6,14H2,1-2H3,(H,16,17). The van der Waals surface area contributed by atoms with Crippen LogP contribution in [0.4, 0.5) is 5.69 Å². The number of hydrogen-bond acceptors (Lipinski definition) is 3. The minimum absolute atomic E-state index is 0.00817. The molecule has 1 atom stereocenters. The second-order valence-corrected chi connectivity index (χ2v) is 5.01. The van der Waals surface area contributed by atoms with E-state index in [2.05, 4.69) is 26.2 Å². The Labute approximate surface area is 110 Å². The van der Waals surface area contributed by atoms with Crippen LogP contribution in [0.3, 0.4) is 0 Å². The van der Waals surface area contributed by atoms with E-state index in [1.807, 2.05) is 19.9 Å². The number of carbonyl (C=O) groups is 1. The number of rotatable bonds is 5. The van der Waals surface area contributed by atoms with E-state index in [-0.39, 0.29) is 5.91 Å². The minimum atomic E-state index is 0.00817. The van der Waals surface area contributed by atoms with Gasteiger partial charge in [0.2, 0.25) is 5.91 Å². The van der Waals surface area contributed by atoms with Crippen molar-refractivity contribution in [3.63, 3.8) is 0 Å². The van der Waals surface area contributed by atoms with E-state index in [9.17, 15) is 4.79 Å². The van der Waals surface area contributed by atoms with Crippen LogP contribution in [0, 0.1) is 12.8 Å². The maximum Gasteiger partial charge on any atom is 0.224 e. The van der Waals surface area contributed by atoms with Gasteiger partial charge in [-0.1, -0.05) is 6.92 Å². The van der Waals surface area contributed by atoms with Gasteiger partial charge in [-0.25, -0.2) is 4.98 Å². The maximum absolute atomic E-state index is 11.6. The van der Waals surface area contributed by atoms with Crippen LogP contribution >= 0.6 is 15.9 Å². The number of hydrogen-bond donors (Lipinski definition) is 2. The van der Waals surface area contributed by atoms with E-state index in [1.54, 1.807) is 6.20 Å². The quantitative estimate of drug-likeness (QED) is 0.821. The van der Waals surface area contributed by atoms with E-state index >= 15 is 0 Å². The molecule has 0 aromatic carbocycles. The van der Waals surface area contributed by atoms with E-state index in [4.69, 9.17) is 5.73 Å². The van der Waals surface area contributed by atoms with Crippen LogP contribution in [0.5, 0.6) is 0 Å². The van der Waals surface area contributed by atoms with Gasteiger partial charge in [0.05, 0.1) is 11.9 Å². The summed E-state index contributed by atoms with van der Waals surface area (Å²) in [5, 5.41) is 2.83. The Bertz CT molecular complexity index is 395. The predicted molar refractivity (Wildman–Crippen MR) is 72.8 cm³/mol. The first-order chi connectivity index (χ1) is 8.02. The van der Waals surface area contributed by atoms with Crippen molar-refractivity contribution in [1.29, 1.82) is 0 Å². The third kappa shape index (κ3) is 4.83. The first-order valence-electron chi connectivity index (χ1n) is 5.65. The highest BCUT2D eigenvalue weighted by molar-refractivity contribution is 9.10. The van der Waals surface area contributed by atoms with Crippen LogP contribution in [0.2, 0.25) is 0 Å².